The van der Waals surface area contributed by atoms with Crippen molar-refractivity contribution in [1.82, 2.24) is 10.2 Å². The van der Waals surface area contributed by atoms with Gasteiger partial charge in [0.1, 0.15) is 6.61 Å². The van der Waals surface area contributed by atoms with E-state index in [1.807, 2.05) is 25.1 Å². The zero-order valence-electron chi connectivity index (χ0n) is 12.8. The smallest absolute Gasteiger partial charge is 0.246 e. The van der Waals surface area contributed by atoms with Gasteiger partial charge in [-0.15, -0.1) is 0 Å². The van der Waals surface area contributed by atoms with Crippen molar-refractivity contribution in [2.75, 3.05) is 26.3 Å². The Hall–Kier alpha value is -0.810. The number of piperidine rings is 1. The van der Waals surface area contributed by atoms with Gasteiger partial charge in [0.25, 0.3) is 0 Å². The van der Waals surface area contributed by atoms with Crippen molar-refractivity contribution in [3.63, 3.8) is 0 Å². The number of nitrogens with one attached hydrogen (secondary N) is 1. The van der Waals surface area contributed by atoms with Gasteiger partial charge in [0.15, 0.2) is 0 Å². The standard InChI is InChI=1S/C16H22Cl2N2O2/c1-2-22-11-16(21)19-13-5-7-20(8-6-13)10-12-3-4-14(17)15(18)9-12/h3-4,9,13H,2,5-8,10-11H2,1H3,(H,19,21). The number of hydrogen-bond acceptors (Lipinski definition) is 3. The van der Waals surface area contributed by atoms with Gasteiger partial charge in [-0.25, -0.2) is 0 Å². The summed E-state index contributed by atoms with van der Waals surface area (Å²) in [4.78, 5) is 14.0. The lowest BCUT2D eigenvalue weighted by Crippen LogP contribution is -2.45. The van der Waals surface area contributed by atoms with E-state index in [4.69, 9.17) is 27.9 Å². The van der Waals surface area contributed by atoms with Crippen LogP contribution in [0.5, 0.6) is 0 Å². The molecule has 0 spiro atoms. The lowest BCUT2D eigenvalue weighted by molar-refractivity contribution is -0.126. The molecule has 1 amide bonds. The molecule has 22 heavy (non-hydrogen) atoms. The van der Waals surface area contributed by atoms with Crippen molar-refractivity contribution >= 4 is 29.1 Å². The van der Waals surface area contributed by atoms with Crippen LogP contribution in [0, 0.1) is 0 Å². The van der Waals surface area contributed by atoms with E-state index in [0.29, 0.717) is 16.7 Å². The Morgan fingerprint density at radius 3 is 2.68 bits per heavy atom. The largest absolute Gasteiger partial charge is 0.372 e. The average Bonchev–Trinajstić information content (AvgIpc) is 2.51. The Balaban J connectivity index is 1.75. The molecule has 0 aromatic heterocycles. The molecule has 0 unspecified atom stereocenters. The fourth-order valence-corrected chi connectivity index (χ4v) is 2.92. The molecule has 1 aliphatic heterocycles. The van der Waals surface area contributed by atoms with Crippen LogP contribution in [0.2, 0.25) is 10.0 Å². The van der Waals surface area contributed by atoms with Gasteiger partial charge >= 0.3 is 0 Å². The molecule has 1 fully saturated rings. The fraction of sp³-hybridized carbons (Fsp3) is 0.562. The highest BCUT2D eigenvalue weighted by Crippen LogP contribution is 2.24. The van der Waals surface area contributed by atoms with Crippen LogP contribution in [0.15, 0.2) is 18.2 Å². The SMILES string of the molecule is CCOCC(=O)NC1CCN(Cc2ccc(Cl)c(Cl)c2)CC1. The van der Waals surface area contributed by atoms with Crippen molar-refractivity contribution in [3.05, 3.63) is 33.8 Å². The Morgan fingerprint density at radius 2 is 2.05 bits per heavy atom. The van der Waals surface area contributed by atoms with Gasteiger partial charge < -0.3 is 10.1 Å². The van der Waals surface area contributed by atoms with Gasteiger partial charge in [-0.3, -0.25) is 9.69 Å². The number of rotatable bonds is 6. The van der Waals surface area contributed by atoms with E-state index in [9.17, 15) is 4.79 Å². The van der Waals surface area contributed by atoms with Crippen molar-refractivity contribution in [2.24, 2.45) is 0 Å². The van der Waals surface area contributed by atoms with Crippen molar-refractivity contribution in [1.29, 1.82) is 0 Å². The minimum atomic E-state index is -0.0233. The van der Waals surface area contributed by atoms with Crippen LogP contribution in [0.25, 0.3) is 0 Å². The number of carbonyl (C=O) groups excluding carboxylic acids is 1. The summed E-state index contributed by atoms with van der Waals surface area (Å²) >= 11 is 12.0. The van der Waals surface area contributed by atoms with Crippen molar-refractivity contribution < 1.29 is 9.53 Å². The van der Waals surface area contributed by atoms with Gasteiger partial charge in [0, 0.05) is 32.3 Å². The minimum absolute atomic E-state index is 0.0233. The maximum Gasteiger partial charge on any atom is 0.246 e. The maximum absolute atomic E-state index is 11.6. The van der Waals surface area contributed by atoms with E-state index < -0.39 is 0 Å². The molecular weight excluding hydrogens is 323 g/mol. The van der Waals surface area contributed by atoms with Gasteiger partial charge in [0.05, 0.1) is 10.0 Å². The van der Waals surface area contributed by atoms with Crippen molar-refractivity contribution in [2.45, 2.75) is 32.4 Å². The number of hydrogen-bond donors (Lipinski definition) is 1. The molecule has 1 aromatic rings. The fourth-order valence-electron chi connectivity index (χ4n) is 2.60. The van der Waals surface area contributed by atoms with Crippen LogP contribution >= 0.6 is 23.2 Å². The van der Waals surface area contributed by atoms with Crippen LogP contribution in [0.4, 0.5) is 0 Å². The first-order valence-corrected chi connectivity index (χ1v) is 8.37. The number of benzene rings is 1. The van der Waals surface area contributed by atoms with Gasteiger partial charge in [0.2, 0.25) is 5.91 Å². The quantitative estimate of drug-likeness (QED) is 0.861. The van der Waals surface area contributed by atoms with E-state index in [1.54, 1.807) is 0 Å². The number of ether oxygens (including phenoxy) is 1. The molecule has 1 aromatic carbocycles. The molecule has 1 saturated heterocycles. The normalized spacial score (nSPS) is 16.7. The molecule has 0 aliphatic carbocycles. The highest BCUT2D eigenvalue weighted by atomic mass is 35.5. The first-order valence-electron chi connectivity index (χ1n) is 7.62. The summed E-state index contributed by atoms with van der Waals surface area (Å²) in [5, 5.41) is 4.20. The number of likely N-dealkylation sites (tertiary alicyclic amines) is 1. The number of carbonyl (C=O) groups is 1. The summed E-state index contributed by atoms with van der Waals surface area (Å²) in [6, 6.07) is 6.00. The molecule has 0 radical (unpaired) electrons. The van der Waals surface area contributed by atoms with Crippen LogP contribution in [0.1, 0.15) is 25.3 Å². The molecule has 6 heteroatoms. The summed E-state index contributed by atoms with van der Waals surface area (Å²) < 4.78 is 5.11. The first kappa shape index (κ1) is 17.5. The molecule has 1 N–H and O–H groups in total. The lowest BCUT2D eigenvalue weighted by atomic mass is 10.0. The van der Waals surface area contributed by atoms with Crippen LogP contribution in [-0.2, 0) is 16.1 Å². The Kier molecular flexibility index (Phi) is 6.96. The summed E-state index contributed by atoms with van der Waals surface area (Å²) in [7, 11) is 0. The van der Waals surface area contributed by atoms with Gasteiger partial charge in [-0.05, 0) is 37.5 Å². The summed E-state index contributed by atoms with van der Waals surface area (Å²) in [5.74, 6) is -0.0233. The van der Waals surface area contributed by atoms with E-state index in [-0.39, 0.29) is 18.6 Å². The number of halogens is 2. The first-order chi connectivity index (χ1) is 10.6. The maximum atomic E-state index is 11.6. The molecule has 1 heterocycles. The van der Waals surface area contributed by atoms with Crippen molar-refractivity contribution in [3.8, 4) is 0 Å². The molecule has 0 saturated carbocycles. The molecule has 122 valence electrons. The molecule has 0 atom stereocenters. The second kappa shape index (κ2) is 8.73. The Bertz CT molecular complexity index is 503. The highest BCUT2D eigenvalue weighted by molar-refractivity contribution is 6.42. The number of amides is 1. The third-order valence-corrected chi connectivity index (χ3v) is 4.52. The zero-order valence-corrected chi connectivity index (χ0v) is 14.3. The molecule has 1 aliphatic rings. The second-order valence-corrected chi connectivity index (χ2v) is 6.32. The monoisotopic (exact) mass is 344 g/mol. The second-order valence-electron chi connectivity index (χ2n) is 5.50. The predicted octanol–water partition coefficient (Wildman–Crippen LogP) is 3.11. The summed E-state index contributed by atoms with van der Waals surface area (Å²) in [6.07, 6.45) is 1.92. The average molecular weight is 345 g/mol. The summed E-state index contributed by atoms with van der Waals surface area (Å²) in [5.41, 5.74) is 1.16. The number of nitrogens with zero attached hydrogens (tertiary/aromatic N) is 1. The third-order valence-electron chi connectivity index (χ3n) is 3.78. The van der Waals surface area contributed by atoms with Crippen LogP contribution in [-0.4, -0.2) is 43.2 Å². The van der Waals surface area contributed by atoms with Gasteiger partial charge in [-0.2, -0.15) is 0 Å². The molecular formula is C16H22Cl2N2O2. The summed E-state index contributed by atoms with van der Waals surface area (Å²) in [6.45, 7) is 5.38. The molecule has 4 nitrogen and oxygen atoms in total. The minimum Gasteiger partial charge on any atom is -0.372 e. The van der Waals surface area contributed by atoms with E-state index in [1.165, 1.54) is 0 Å². The Morgan fingerprint density at radius 1 is 1.32 bits per heavy atom. The van der Waals surface area contributed by atoms with E-state index in [2.05, 4.69) is 10.2 Å². The highest BCUT2D eigenvalue weighted by Gasteiger charge is 2.20. The topological polar surface area (TPSA) is 41.6 Å². The third kappa shape index (κ3) is 5.43. The van der Waals surface area contributed by atoms with Crippen LogP contribution < -0.4 is 5.32 Å². The van der Waals surface area contributed by atoms with E-state index >= 15 is 0 Å². The zero-order chi connectivity index (χ0) is 15.9. The Labute approximate surface area is 141 Å². The predicted molar refractivity (Wildman–Crippen MR) is 89.4 cm³/mol. The van der Waals surface area contributed by atoms with Gasteiger partial charge in [-0.1, -0.05) is 29.3 Å². The molecule has 2 rings (SSSR count). The van der Waals surface area contributed by atoms with E-state index in [0.717, 1.165) is 38.0 Å². The van der Waals surface area contributed by atoms with Crippen LogP contribution in [0.3, 0.4) is 0 Å². The molecule has 0 bridgehead atoms. The lowest BCUT2D eigenvalue weighted by Gasteiger charge is -2.32.